The highest BCUT2D eigenvalue weighted by molar-refractivity contribution is 7.47. The number of aliphatic hydroxyl groups is 1. The third-order valence-electron chi connectivity index (χ3n) is 10.2. The number of carbonyl (C=O) groups is 3. The Morgan fingerprint density at radius 1 is 0.516 bits per heavy atom. The van der Waals surface area contributed by atoms with E-state index in [4.69, 9.17) is 13.8 Å². The predicted molar refractivity (Wildman–Crippen MR) is 263 cm³/mol. The summed E-state index contributed by atoms with van der Waals surface area (Å²) in [7, 11) is -4.78. The van der Waals surface area contributed by atoms with E-state index in [0.29, 0.717) is 12.8 Å². The highest BCUT2D eigenvalue weighted by atomic mass is 31.2. The maximum atomic E-state index is 12.3. The highest BCUT2D eigenvalue weighted by Gasteiger charge is 2.28. The summed E-state index contributed by atoms with van der Waals surface area (Å²) in [6.07, 6.45) is 57.5. The summed E-state index contributed by atoms with van der Waals surface area (Å²) in [6, 6.07) is -1.57. The van der Waals surface area contributed by atoms with Crippen LogP contribution < -0.4 is 5.32 Å². The van der Waals surface area contributed by atoms with Crippen LogP contribution in [-0.4, -0.2) is 64.9 Å². The number of aliphatic carboxylic acids is 1. The molecule has 0 aliphatic heterocycles. The lowest BCUT2D eigenvalue weighted by Crippen LogP contribution is -2.43. The fraction of sp³-hybridized carbons (Fsp3) is 0.673. The van der Waals surface area contributed by atoms with Gasteiger partial charge in [0.1, 0.15) is 12.7 Å². The zero-order valence-electron chi connectivity index (χ0n) is 39.8. The first-order chi connectivity index (χ1) is 31.1. The minimum atomic E-state index is -4.78. The van der Waals surface area contributed by atoms with Crippen molar-refractivity contribution in [1.29, 1.82) is 0 Å². The Morgan fingerprint density at radius 3 is 1.38 bits per heavy atom. The third-order valence-corrected chi connectivity index (χ3v) is 11.1. The van der Waals surface area contributed by atoms with Gasteiger partial charge in [0.15, 0.2) is 6.04 Å². The summed E-state index contributed by atoms with van der Waals surface area (Å²) < 4.78 is 26.9. The van der Waals surface area contributed by atoms with Crippen LogP contribution in [0.2, 0.25) is 0 Å². The van der Waals surface area contributed by atoms with Crippen molar-refractivity contribution in [3.05, 3.63) is 85.1 Å². The number of carbonyl (C=O) groups excluding carboxylic acids is 2. The van der Waals surface area contributed by atoms with Gasteiger partial charge >= 0.3 is 19.8 Å². The van der Waals surface area contributed by atoms with Crippen LogP contribution in [0, 0.1) is 0 Å². The molecule has 0 radical (unpaired) electrons. The SMILES string of the molecule is CC/C=C\C/C=C\C/C=C\C/C=C\C/C=C\CCCCCC(=O)NC(COP(=O)(O)OCC(O)COC(=O)CCCCCCCCCCCCC/C=C\C/C=C\CCCCC)C(=O)O. The largest absolute Gasteiger partial charge is 0.480 e. The number of esters is 1. The van der Waals surface area contributed by atoms with Crippen LogP contribution in [0.3, 0.4) is 0 Å². The van der Waals surface area contributed by atoms with Crippen molar-refractivity contribution in [2.45, 2.75) is 206 Å². The molecule has 1 amide bonds. The molecule has 0 aliphatic carbocycles. The first kappa shape index (κ1) is 60.7. The van der Waals surface area contributed by atoms with Gasteiger partial charge in [-0.05, 0) is 89.9 Å². The van der Waals surface area contributed by atoms with Gasteiger partial charge in [-0.2, -0.15) is 0 Å². The van der Waals surface area contributed by atoms with Crippen molar-refractivity contribution in [2.75, 3.05) is 19.8 Å². The molecule has 0 rings (SSSR count). The number of allylic oxidation sites excluding steroid dienone is 14. The number of carboxylic acid groups (broad SMARTS) is 1. The minimum Gasteiger partial charge on any atom is -0.480 e. The average Bonchev–Trinajstić information content (AvgIpc) is 3.27. The number of amides is 1. The number of phosphoric acid groups is 1. The number of hydrogen-bond donors (Lipinski definition) is 4. The summed E-state index contributed by atoms with van der Waals surface area (Å²) in [4.78, 5) is 46.1. The fourth-order valence-electron chi connectivity index (χ4n) is 6.37. The van der Waals surface area contributed by atoms with E-state index in [-0.39, 0.29) is 12.8 Å². The van der Waals surface area contributed by atoms with Gasteiger partial charge in [0.05, 0.1) is 13.2 Å². The van der Waals surface area contributed by atoms with E-state index in [1.807, 2.05) is 0 Å². The molecule has 0 saturated carbocycles. The number of ether oxygens (including phenoxy) is 1. The van der Waals surface area contributed by atoms with Crippen molar-refractivity contribution in [3.8, 4) is 0 Å². The second-order valence-electron chi connectivity index (χ2n) is 16.3. The summed E-state index contributed by atoms with van der Waals surface area (Å²) in [5.41, 5.74) is 0. The van der Waals surface area contributed by atoms with Gasteiger partial charge < -0.3 is 25.2 Å². The van der Waals surface area contributed by atoms with Crippen LogP contribution >= 0.6 is 7.82 Å². The van der Waals surface area contributed by atoms with E-state index in [0.717, 1.165) is 77.0 Å². The number of aliphatic hydroxyl groups excluding tert-OH is 1. The molecule has 0 heterocycles. The van der Waals surface area contributed by atoms with Crippen LogP contribution in [0.25, 0.3) is 0 Å². The third kappa shape index (κ3) is 45.2. The summed E-state index contributed by atoms with van der Waals surface area (Å²) in [5, 5.41) is 21.9. The molecule has 0 aromatic rings. The van der Waals surface area contributed by atoms with Crippen molar-refractivity contribution >= 4 is 25.7 Å². The maximum absolute atomic E-state index is 12.3. The lowest BCUT2D eigenvalue weighted by atomic mass is 10.0. The number of phosphoric ester groups is 1. The quantitative estimate of drug-likeness (QED) is 0.0200. The molecule has 366 valence electrons. The molecule has 11 nitrogen and oxygen atoms in total. The normalized spacial score (nSPS) is 14.3. The Balaban J connectivity index is 3.90. The molecule has 0 bridgehead atoms. The average molecular weight is 918 g/mol. The van der Waals surface area contributed by atoms with Gasteiger partial charge in [-0.1, -0.05) is 176 Å². The molecule has 64 heavy (non-hydrogen) atoms. The molecule has 4 N–H and O–H groups in total. The molecule has 3 unspecified atom stereocenters. The number of nitrogens with one attached hydrogen (secondary N) is 1. The zero-order chi connectivity index (χ0) is 47.0. The fourth-order valence-corrected chi connectivity index (χ4v) is 7.14. The first-order valence-corrected chi connectivity index (χ1v) is 26.1. The topological polar surface area (TPSA) is 169 Å². The van der Waals surface area contributed by atoms with Crippen molar-refractivity contribution in [3.63, 3.8) is 0 Å². The molecular weight excluding hydrogens is 830 g/mol. The molecule has 0 saturated heterocycles. The molecule has 0 fully saturated rings. The Hall–Kier alpha value is -3.34. The number of carboxylic acids is 1. The summed E-state index contributed by atoms with van der Waals surface area (Å²) in [5.74, 6) is -2.43. The number of unbranched alkanes of at least 4 members (excludes halogenated alkanes) is 17. The van der Waals surface area contributed by atoms with Gasteiger partial charge in [0.25, 0.3) is 0 Å². The Labute approximate surface area is 388 Å². The molecule has 0 spiro atoms. The van der Waals surface area contributed by atoms with Crippen LogP contribution in [0.1, 0.15) is 194 Å². The van der Waals surface area contributed by atoms with Crippen LogP contribution in [-0.2, 0) is 32.7 Å². The molecule has 0 aromatic carbocycles. The zero-order valence-corrected chi connectivity index (χ0v) is 40.7. The Bertz CT molecular complexity index is 1400. The lowest BCUT2D eigenvalue weighted by Gasteiger charge is -2.18. The van der Waals surface area contributed by atoms with Crippen LogP contribution in [0.5, 0.6) is 0 Å². The first-order valence-electron chi connectivity index (χ1n) is 24.6. The Morgan fingerprint density at radius 2 is 0.906 bits per heavy atom. The second-order valence-corrected chi connectivity index (χ2v) is 17.7. The van der Waals surface area contributed by atoms with Crippen molar-refractivity contribution < 1.29 is 47.8 Å². The van der Waals surface area contributed by atoms with E-state index >= 15 is 0 Å². The van der Waals surface area contributed by atoms with Gasteiger partial charge in [-0.25, -0.2) is 9.36 Å². The van der Waals surface area contributed by atoms with Crippen LogP contribution in [0.15, 0.2) is 85.1 Å². The molecular formula is C52H88NO10P. The molecule has 0 aliphatic rings. The van der Waals surface area contributed by atoms with Gasteiger partial charge in [0, 0.05) is 12.8 Å². The summed E-state index contributed by atoms with van der Waals surface area (Å²) in [6.45, 7) is 2.44. The monoisotopic (exact) mass is 918 g/mol. The van der Waals surface area contributed by atoms with Crippen molar-refractivity contribution in [1.82, 2.24) is 5.32 Å². The van der Waals surface area contributed by atoms with E-state index in [1.54, 1.807) is 0 Å². The number of rotatable bonds is 45. The minimum absolute atomic E-state index is 0.102. The van der Waals surface area contributed by atoms with E-state index in [2.05, 4.69) is 104 Å². The van der Waals surface area contributed by atoms with Gasteiger partial charge in [-0.3, -0.25) is 18.6 Å². The predicted octanol–water partition coefficient (Wildman–Crippen LogP) is 13.4. The van der Waals surface area contributed by atoms with Gasteiger partial charge in [0.2, 0.25) is 5.91 Å². The summed E-state index contributed by atoms with van der Waals surface area (Å²) >= 11 is 0. The van der Waals surface area contributed by atoms with Crippen molar-refractivity contribution in [2.24, 2.45) is 0 Å². The standard InChI is InChI=1S/C52H88NO10P/c1-3-5-7-9-11-13-15-17-19-21-23-24-26-28-30-32-34-36-38-40-42-44-51(56)61-45-48(54)46-62-64(59,60)63-47-49(52(57)58)53-50(55)43-41-39-37-35-33-31-29-27-25-22-20-18-16-14-12-10-8-6-4-2/h6,8,11-14,17-20,25,27,31,33,48-49,54H,3-5,7,9-10,15-16,21-24,26,28-30,32,34-47H2,1-2H3,(H,53,55)(H,57,58)(H,59,60)/b8-6-,13-11-,14-12-,19-17-,20-18-,27-25-,33-31-. The molecule has 0 aromatic heterocycles. The van der Waals surface area contributed by atoms with E-state index in [9.17, 15) is 34.1 Å². The van der Waals surface area contributed by atoms with Gasteiger partial charge in [-0.15, -0.1) is 0 Å². The number of hydrogen-bond acceptors (Lipinski definition) is 8. The van der Waals surface area contributed by atoms with E-state index in [1.165, 1.54) is 77.0 Å². The van der Waals surface area contributed by atoms with Crippen LogP contribution in [0.4, 0.5) is 0 Å². The molecule has 12 heteroatoms. The maximum Gasteiger partial charge on any atom is 0.472 e. The smallest absolute Gasteiger partial charge is 0.472 e. The second kappa shape index (κ2) is 46.2. The Kier molecular flexibility index (Phi) is 43.8. The highest BCUT2D eigenvalue weighted by Crippen LogP contribution is 2.43. The molecule has 3 atom stereocenters. The van der Waals surface area contributed by atoms with E-state index < -0.39 is 57.6 Å². The lowest BCUT2D eigenvalue weighted by molar-refractivity contribution is -0.147.